The summed E-state index contributed by atoms with van der Waals surface area (Å²) >= 11 is 1.14. The lowest BCUT2D eigenvalue weighted by Gasteiger charge is -2.17. The molecular weight excluding hydrogens is 482 g/mol. The number of methoxy groups -OCH3 is 2. The Kier molecular flexibility index (Phi) is 7.69. The number of rotatable bonds is 8. The highest BCUT2D eigenvalue weighted by Crippen LogP contribution is 2.35. The maximum Gasteiger partial charge on any atom is 0.302 e. The summed E-state index contributed by atoms with van der Waals surface area (Å²) in [5.41, 5.74) is 1.50. The van der Waals surface area contributed by atoms with Gasteiger partial charge in [0.2, 0.25) is 11.2 Å². The maximum absolute atomic E-state index is 13.4. The van der Waals surface area contributed by atoms with Gasteiger partial charge in [0.15, 0.2) is 22.7 Å². The van der Waals surface area contributed by atoms with E-state index in [1.54, 1.807) is 36.2 Å². The first kappa shape index (κ1) is 25.0. The van der Waals surface area contributed by atoms with Crippen molar-refractivity contribution in [3.63, 3.8) is 0 Å². The van der Waals surface area contributed by atoms with Crippen molar-refractivity contribution in [1.29, 1.82) is 0 Å². The van der Waals surface area contributed by atoms with Crippen molar-refractivity contribution in [2.45, 2.75) is 19.9 Å². The Hall–Kier alpha value is -4.12. The molecule has 0 radical (unpaired) electrons. The van der Waals surface area contributed by atoms with E-state index in [0.717, 1.165) is 11.8 Å². The minimum atomic E-state index is -0.317. The summed E-state index contributed by atoms with van der Waals surface area (Å²) in [6, 6.07) is 14.6. The highest BCUT2D eigenvalue weighted by molar-refractivity contribution is 8.14. The SMILES string of the molecule is COc1cccc(/C=C2/N=C(SCC(=O)Nc3c[n+](C(C)C)no3)N(c3ccccc3)C2=O)c1OC. The molecule has 0 saturated heterocycles. The third kappa shape index (κ3) is 5.41. The highest BCUT2D eigenvalue weighted by Gasteiger charge is 2.33. The van der Waals surface area contributed by atoms with E-state index >= 15 is 0 Å². The fraction of sp³-hybridized carbons (Fsp3) is 0.240. The molecule has 0 atom stereocenters. The van der Waals surface area contributed by atoms with Crippen LogP contribution in [0.5, 0.6) is 11.5 Å². The normalized spacial score (nSPS) is 14.4. The van der Waals surface area contributed by atoms with E-state index in [9.17, 15) is 9.59 Å². The van der Waals surface area contributed by atoms with E-state index in [-0.39, 0.29) is 35.2 Å². The van der Waals surface area contributed by atoms with Crippen molar-refractivity contribution in [3.05, 3.63) is 66.0 Å². The molecule has 3 aromatic rings. The number of thioether (sulfide) groups is 1. The molecular formula is C25H26N5O5S+. The van der Waals surface area contributed by atoms with E-state index in [4.69, 9.17) is 14.0 Å². The molecule has 4 rings (SSSR count). The van der Waals surface area contributed by atoms with Crippen LogP contribution in [0.2, 0.25) is 0 Å². The van der Waals surface area contributed by atoms with E-state index in [0.29, 0.717) is 27.9 Å². The van der Waals surface area contributed by atoms with Crippen molar-refractivity contribution >= 4 is 46.4 Å². The van der Waals surface area contributed by atoms with Crippen molar-refractivity contribution in [1.82, 2.24) is 5.27 Å². The number of amides is 2. The monoisotopic (exact) mass is 508 g/mol. The standard InChI is InChI=1S/C25H25N5O5S/c1-16(2)29-14-22(35-28-29)27-21(31)15-36-25-26-19(24(32)30(25)18-10-6-5-7-11-18)13-17-9-8-12-20(33-3)23(17)34-4/h5-14,16H,15H2,1-4H3/p+1/b19-13+. The number of nitrogens with zero attached hydrogens (tertiary/aromatic N) is 4. The molecule has 2 amide bonds. The smallest absolute Gasteiger partial charge is 0.302 e. The minimum absolute atomic E-state index is 0.00753. The second-order valence-corrected chi connectivity index (χ2v) is 8.90. The van der Waals surface area contributed by atoms with Crippen LogP contribution in [0.3, 0.4) is 0 Å². The topological polar surface area (TPSA) is 110 Å². The number of carbonyl (C=O) groups is 2. The van der Waals surface area contributed by atoms with Gasteiger partial charge in [-0.05, 0) is 42.8 Å². The van der Waals surface area contributed by atoms with Crippen molar-refractivity contribution in [2.24, 2.45) is 4.99 Å². The zero-order valence-electron chi connectivity index (χ0n) is 20.3. The number of nitrogens with one attached hydrogen (secondary N) is 1. The quantitative estimate of drug-likeness (QED) is 0.365. The van der Waals surface area contributed by atoms with Gasteiger partial charge in [0.1, 0.15) is 5.70 Å². The summed E-state index contributed by atoms with van der Waals surface area (Å²) in [6.07, 6.45) is 3.26. The van der Waals surface area contributed by atoms with Gasteiger partial charge in [-0.2, -0.15) is 0 Å². The number of amidine groups is 1. The Balaban J connectivity index is 1.58. The third-order valence-corrected chi connectivity index (χ3v) is 6.12. The van der Waals surface area contributed by atoms with E-state index < -0.39 is 0 Å². The summed E-state index contributed by atoms with van der Waals surface area (Å²) in [4.78, 5) is 32.0. The molecule has 1 aliphatic rings. The zero-order chi connectivity index (χ0) is 25.7. The fourth-order valence-electron chi connectivity index (χ4n) is 3.43. The van der Waals surface area contributed by atoms with Crippen LogP contribution in [0.1, 0.15) is 25.5 Å². The molecule has 11 heteroatoms. The summed E-state index contributed by atoms with van der Waals surface area (Å²) in [7, 11) is 3.08. The zero-order valence-corrected chi connectivity index (χ0v) is 21.1. The van der Waals surface area contributed by atoms with Crippen LogP contribution < -0.4 is 24.4 Å². The molecule has 0 saturated carbocycles. The number of aliphatic imine (C=N–C) groups is 1. The molecule has 10 nitrogen and oxygen atoms in total. The Labute approximate surface area is 212 Å². The van der Waals surface area contributed by atoms with Gasteiger partial charge in [-0.15, -0.1) is 0 Å². The molecule has 2 aromatic carbocycles. The molecule has 0 unspecified atom stereocenters. The van der Waals surface area contributed by atoms with Crippen LogP contribution in [0.15, 0.2) is 69.9 Å². The number of anilines is 2. The Bertz CT molecular complexity index is 1320. The average Bonchev–Trinajstić information content (AvgIpc) is 3.47. The Morgan fingerprint density at radius 2 is 1.94 bits per heavy atom. The lowest BCUT2D eigenvalue weighted by molar-refractivity contribution is -0.779. The molecule has 2 heterocycles. The maximum atomic E-state index is 13.4. The Morgan fingerprint density at radius 1 is 1.17 bits per heavy atom. The van der Waals surface area contributed by atoms with Crippen LogP contribution in [0, 0.1) is 0 Å². The van der Waals surface area contributed by atoms with Crippen molar-refractivity contribution in [2.75, 3.05) is 30.2 Å². The van der Waals surface area contributed by atoms with Crippen molar-refractivity contribution in [3.8, 4) is 11.5 Å². The molecule has 186 valence electrons. The summed E-state index contributed by atoms with van der Waals surface area (Å²) in [5, 5.41) is 6.91. The molecule has 36 heavy (non-hydrogen) atoms. The lowest BCUT2D eigenvalue weighted by atomic mass is 10.1. The van der Waals surface area contributed by atoms with Gasteiger partial charge in [-0.25, -0.2) is 4.99 Å². The van der Waals surface area contributed by atoms with E-state index in [1.165, 1.54) is 12.0 Å². The molecule has 0 spiro atoms. The number of aromatic nitrogens is 2. The second kappa shape index (κ2) is 11.1. The van der Waals surface area contributed by atoms with Gasteiger partial charge in [0.25, 0.3) is 12.1 Å². The first-order chi connectivity index (χ1) is 17.4. The predicted molar refractivity (Wildman–Crippen MR) is 137 cm³/mol. The van der Waals surface area contributed by atoms with Crippen LogP contribution >= 0.6 is 11.8 Å². The molecule has 1 aliphatic heterocycles. The van der Waals surface area contributed by atoms with E-state index in [1.807, 2.05) is 50.2 Å². The highest BCUT2D eigenvalue weighted by atomic mass is 32.2. The number of benzene rings is 2. The van der Waals surface area contributed by atoms with Gasteiger partial charge < -0.3 is 9.47 Å². The van der Waals surface area contributed by atoms with Crippen LogP contribution in [-0.4, -0.2) is 42.2 Å². The first-order valence-electron chi connectivity index (χ1n) is 11.1. The van der Waals surface area contributed by atoms with Crippen LogP contribution in [0.25, 0.3) is 6.08 Å². The third-order valence-electron chi connectivity index (χ3n) is 5.18. The number of para-hydroxylation sites is 2. The predicted octanol–water partition coefficient (Wildman–Crippen LogP) is 3.68. The fourth-order valence-corrected chi connectivity index (χ4v) is 4.24. The molecule has 0 bridgehead atoms. The van der Waals surface area contributed by atoms with Gasteiger partial charge in [0.05, 0.1) is 25.7 Å². The number of ether oxygens (including phenoxy) is 2. The molecule has 0 aliphatic carbocycles. The minimum Gasteiger partial charge on any atom is -0.493 e. The van der Waals surface area contributed by atoms with Gasteiger partial charge in [0, 0.05) is 5.56 Å². The van der Waals surface area contributed by atoms with Crippen LogP contribution in [-0.2, 0) is 9.59 Å². The second-order valence-electron chi connectivity index (χ2n) is 7.96. The first-order valence-corrected chi connectivity index (χ1v) is 12.1. The molecule has 1 N–H and O–H groups in total. The van der Waals surface area contributed by atoms with Gasteiger partial charge >= 0.3 is 5.88 Å². The average molecular weight is 509 g/mol. The summed E-state index contributed by atoms with van der Waals surface area (Å²) < 4.78 is 17.6. The van der Waals surface area contributed by atoms with Crippen molar-refractivity contribution < 1.29 is 28.3 Å². The molecule has 1 aromatic heterocycles. The van der Waals surface area contributed by atoms with Gasteiger partial charge in [-0.1, -0.05) is 42.1 Å². The summed E-state index contributed by atoms with van der Waals surface area (Å²) in [5.74, 6) is 0.647. The number of carbonyl (C=O) groups excluding carboxylic acids is 2. The van der Waals surface area contributed by atoms with Gasteiger partial charge in [-0.3, -0.25) is 24.3 Å². The molecule has 0 fully saturated rings. The largest absolute Gasteiger partial charge is 0.493 e. The Morgan fingerprint density at radius 3 is 2.61 bits per heavy atom. The summed E-state index contributed by atoms with van der Waals surface area (Å²) in [6.45, 7) is 3.90. The van der Waals surface area contributed by atoms with Crippen LogP contribution in [0.4, 0.5) is 11.6 Å². The number of hydrogen-bond acceptors (Lipinski definition) is 8. The number of hydrogen-bond donors (Lipinski definition) is 1. The van der Waals surface area contributed by atoms with E-state index in [2.05, 4.69) is 15.6 Å². The lowest BCUT2D eigenvalue weighted by Crippen LogP contribution is -2.37.